The van der Waals surface area contributed by atoms with Crippen molar-refractivity contribution < 1.29 is 9.90 Å². The lowest BCUT2D eigenvalue weighted by molar-refractivity contribution is -0.147. The van der Waals surface area contributed by atoms with Gasteiger partial charge in [-0.3, -0.25) is 4.79 Å². The van der Waals surface area contributed by atoms with Crippen molar-refractivity contribution in [3.05, 3.63) is 0 Å². The molecule has 0 aromatic heterocycles. The quantitative estimate of drug-likeness (QED) is 0.703. The molecule has 2 nitrogen and oxygen atoms in total. The van der Waals surface area contributed by atoms with Crippen LogP contribution in [0.15, 0.2) is 0 Å². The molecule has 0 radical (unpaired) electrons. The first-order valence-electron chi connectivity index (χ1n) is 6.39. The highest BCUT2D eigenvalue weighted by atomic mass is 16.4. The van der Waals surface area contributed by atoms with Gasteiger partial charge >= 0.3 is 5.97 Å². The number of carboxylic acid groups (broad SMARTS) is 1. The van der Waals surface area contributed by atoms with Crippen molar-refractivity contribution in [1.82, 2.24) is 0 Å². The minimum Gasteiger partial charge on any atom is -0.481 e. The van der Waals surface area contributed by atoms with Gasteiger partial charge in [-0.05, 0) is 23.7 Å². The van der Waals surface area contributed by atoms with Crippen LogP contribution in [0.5, 0.6) is 0 Å². The van der Waals surface area contributed by atoms with Gasteiger partial charge in [-0.25, -0.2) is 0 Å². The molecule has 0 bridgehead atoms. The summed E-state index contributed by atoms with van der Waals surface area (Å²) in [5, 5.41) is 9.37. The maximum absolute atomic E-state index is 11.4. The van der Waals surface area contributed by atoms with E-state index in [1.165, 1.54) is 0 Å². The van der Waals surface area contributed by atoms with Crippen LogP contribution in [-0.2, 0) is 4.79 Å². The van der Waals surface area contributed by atoms with Crippen LogP contribution >= 0.6 is 0 Å². The number of carbonyl (C=O) groups is 1. The second-order valence-electron chi connectivity index (χ2n) is 6.35. The maximum atomic E-state index is 11.4. The molecule has 0 aromatic rings. The number of carboxylic acids is 1. The molecule has 0 heterocycles. The first-order valence-corrected chi connectivity index (χ1v) is 6.39. The summed E-state index contributed by atoms with van der Waals surface area (Å²) in [5.74, 6) is -0.880. The zero-order valence-electron chi connectivity index (χ0n) is 11.8. The van der Waals surface area contributed by atoms with Crippen LogP contribution in [0.4, 0.5) is 0 Å². The monoisotopic (exact) mass is 228 g/mol. The zero-order valence-corrected chi connectivity index (χ0v) is 11.8. The number of hydrogen-bond donors (Lipinski definition) is 1. The van der Waals surface area contributed by atoms with E-state index in [1.807, 2.05) is 0 Å². The summed E-state index contributed by atoms with van der Waals surface area (Å²) in [5.41, 5.74) is 0.0150. The van der Waals surface area contributed by atoms with E-state index >= 15 is 0 Å². The van der Waals surface area contributed by atoms with E-state index in [4.69, 9.17) is 0 Å². The van der Waals surface area contributed by atoms with Crippen LogP contribution < -0.4 is 0 Å². The minimum absolute atomic E-state index is 0.114. The number of hydrogen-bond acceptors (Lipinski definition) is 1. The van der Waals surface area contributed by atoms with Crippen molar-refractivity contribution in [3.63, 3.8) is 0 Å². The Balaban J connectivity index is 4.77. The number of aliphatic carboxylic acids is 1. The molecule has 0 spiro atoms. The van der Waals surface area contributed by atoms with Crippen molar-refractivity contribution in [2.45, 2.75) is 67.2 Å². The predicted molar refractivity (Wildman–Crippen MR) is 68.5 cm³/mol. The first-order chi connectivity index (χ1) is 7.16. The highest BCUT2D eigenvalue weighted by Gasteiger charge is 2.37. The first kappa shape index (κ1) is 15.5. The van der Waals surface area contributed by atoms with Gasteiger partial charge in [-0.15, -0.1) is 0 Å². The van der Waals surface area contributed by atoms with Crippen LogP contribution in [0.2, 0.25) is 0 Å². The summed E-state index contributed by atoms with van der Waals surface area (Å²) in [7, 11) is 0. The second-order valence-corrected chi connectivity index (χ2v) is 6.35. The van der Waals surface area contributed by atoms with E-state index in [0.29, 0.717) is 0 Å². The SMILES string of the molecule is CCCC(C)(C)CC(C(=O)O)C(C)(C)CC. The molecule has 2 heteroatoms. The van der Waals surface area contributed by atoms with Gasteiger partial charge in [0, 0.05) is 0 Å². The predicted octanol–water partition coefficient (Wildman–Crippen LogP) is 4.34. The molecule has 0 aliphatic heterocycles. The van der Waals surface area contributed by atoms with E-state index in [1.54, 1.807) is 0 Å². The fourth-order valence-electron chi connectivity index (χ4n) is 2.28. The molecule has 16 heavy (non-hydrogen) atoms. The molecule has 0 aliphatic carbocycles. The third-order valence-electron chi connectivity index (χ3n) is 3.84. The van der Waals surface area contributed by atoms with Crippen molar-refractivity contribution in [3.8, 4) is 0 Å². The summed E-state index contributed by atoms with van der Waals surface area (Å²) in [6.45, 7) is 12.7. The molecular formula is C14H28O2. The molecule has 0 aliphatic rings. The lowest BCUT2D eigenvalue weighted by Gasteiger charge is -2.36. The Morgan fingerprint density at radius 3 is 2.00 bits per heavy atom. The Kier molecular flexibility index (Phi) is 5.51. The van der Waals surface area contributed by atoms with Crippen LogP contribution in [0.25, 0.3) is 0 Å². The molecular weight excluding hydrogens is 200 g/mol. The van der Waals surface area contributed by atoms with E-state index in [0.717, 1.165) is 25.7 Å². The van der Waals surface area contributed by atoms with Gasteiger partial charge in [0.05, 0.1) is 5.92 Å². The lowest BCUT2D eigenvalue weighted by Crippen LogP contribution is -2.34. The van der Waals surface area contributed by atoms with Crippen molar-refractivity contribution in [2.24, 2.45) is 16.7 Å². The summed E-state index contributed by atoms with van der Waals surface area (Å²) >= 11 is 0. The van der Waals surface area contributed by atoms with Crippen LogP contribution in [-0.4, -0.2) is 11.1 Å². The van der Waals surface area contributed by atoms with E-state index in [2.05, 4.69) is 41.5 Å². The molecule has 0 amide bonds. The highest BCUT2D eigenvalue weighted by molar-refractivity contribution is 5.71. The normalized spacial score (nSPS) is 14.9. The van der Waals surface area contributed by atoms with Gasteiger partial charge < -0.3 is 5.11 Å². The molecule has 96 valence electrons. The standard InChI is InChI=1S/C14H28O2/c1-7-9-13(3,4)10-11(12(15)16)14(5,6)8-2/h11H,7-10H2,1-6H3,(H,15,16). The summed E-state index contributed by atoms with van der Waals surface area (Å²) in [4.78, 5) is 11.4. The van der Waals surface area contributed by atoms with Gasteiger partial charge in [-0.1, -0.05) is 54.4 Å². The van der Waals surface area contributed by atoms with Gasteiger partial charge in [0.2, 0.25) is 0 Å². The largest absolute Gasteiger partial charge is 0.481 e. The van der Waals surface area contributed by atoms with Crippen molar-refractivity contribution in [2.75, 3.05) is 0 Å². The topological polar surface area (TPSA) is 37.3 Å². The third-order valence-corrected chi connectivity index (χ3v) is 3.84. The highest BCUT2D eigenvalue weighted by Crippen LogP contribution is 2.40. The van der Waals surface area contributed by atoms with Crippen LogP contribution in [0.1, 0.15) is 67.2 Å². The summed E-state index contributed by atoms with van der Waals surface area (Å²) in [6.07, 6.45) is 3.89. The second kappa shape index (κ2) is 5.70. The maximum Gasteiger partial charge on any atom is 0.307 e. The van der Waals surface area contributed by atoms with Gasteiger partial charge in [0.25, 0.3) is 0 Å². The molecule has 1 N–H and O–H groups in total. The number of rotatable bonds is 7. The van der Waals surface area contributed by atoms with E-state index < -0.39 is 5.97 Å². The van der Waals surface area contributed by atoms with Gasteiger partial charge in [0.1, 0.15) is 0 Å². The van der Waals surface area contributed by atoms with Gasteiger partial charge in [0.15, 0.2) is 0 Å². The minimum atomic E-state index is -0.643. The average molecular weight is 228 g/mol. The Labute approximate surface area is 100 Å². The Hall–Kier alpha value is -0.530. The molecule has 1 atom stereocenters. The third kappa shape index (κ3) is 4.54. The molecule has 0 saturated carbocycles. The molecule has 1 unspecified atom stereocenters. The molecule has 0 fully saturated rings. The smallest absolute Gasteiger partial charge is 0.307 e. The fourth-order valence-corrected chi connectivity index (χ4v) is 2.28. The Morgan fingerprint density at radius 2 is 1.69 bits per heavy atom. The average Bonchev–Trinajstić information content (AvgIpc) is 2.13. The van der Waals surface area contributed by atoms with Crippen LogP contribution in [0, 0.1) is 16.7 Å². The van der Waals surface area contributed by atoms with E-state index in [9.17, 15) is 9.90 Å². The van der Waals surface area contributed by atoms with Gasteiger partial charge in [-0.2, -0.15) is 0 Å². The summed E-state index contributed by atoms with van der Waals surface area (Å²) < 4.78 is 0. The van der Waals surface area contributed by atoms with E-state index in [-0.39, 0.29) is 16.7 Å². The van der Waals surface area contributed by atoms with Crippen LogP contribution in [0.3, 0.4) is 0 Å². The van der Waals surface area contributed by atoms with Crippen molar-refractivity contribution in [1.29, 1.82) is 0 Å². The summed E-state index contributed by atoms with van der Waals surface area (Å²) in [6, 6.07) is 0. The lowest BCUT2D eigenvalue weighted by atomic mass is 9.68. The fraction of sp³-hybridized carbons (Fsp3) is 0.929. The Bertz CT molecular complexity index is 229. The zero-order chi connectivity index (χ0) is 13.0. The molecule has 0 aromatic carbocycles. The molecule has 0 saturated heterocycles. The Morgan fingerprint density at radius 1 is 1.19 bits per heavy atom. The molecule has 0 rings (SSSR count). The van der Waals surface area contributed by atoms with Crippen molar-refractivity contribution >= 4 is 5.97 Å².